The molecule has 2 aliphatic carbocycles. The molecule has 3 unspecified atom stereocenters. The van der Waals surface area contributed by atoms with E-state index < -0.39 is 0 Å². The normalized spacial score (nSPS) is 43.1. The molecule has 3 atom stereocenters. The van der Waals surface area contributed by atoms with Gasteiger partial charge in [-0.3, -0.25) is 0 Å². The summed E-state index contributed by atoms with van der Waals surface area (Å²) in [6, 6.07) is 0. The second kappa shape index (κ2) is 2.60. The monoisotopic (exact) mass is 180 g/mol. The van der Waals surface area contributed by atoms with Crippen molar-refractivity contribution in [2.45, 2.75) is 19.8 Å². The molecule has 2 rings (SSSR count). The molecule has 0 spiro atoms. The molecule has 1 fully saturated rings. The molecule has 2 aliphatic rings. The third kappa shape index (κ3) is 1.67. The summed E-state index contributed by atoms with van der Waals surface area (Å²) in [5.74, 6) is 1.77. The second-order valence-electron chi connectivity index (χ2n) is 6.29. The summed E-state index contributed by atoms with van der Waals surface area (Å²) in [6.07, 6.45) is 7.74. The topological polar surface area (TPSA) is 0 Å². The Morgan fingerprint density at radius 1 is 1.31 bits per heavy atom. The van der Waals surface area contributed by atoms with Gasteiger partial charge in [0, 0.05) is 5.41 Å². The van der Waals surface area contributed by atoms with Gasteiger partial charge in [-0.15, -0.1) is 0 Å². The fraction of sp³-hybridized carbons (Fsp3) is 0.833. The van der Waals surface area contributed by atoms with Crippen molar-refractivity contribution < 1.29 is 4.48 Å². The third-order valence-electron chi connectivity index (χ3n) is 3.63. The quantitative estimate of drug-likeness (QED) is 0.452. The van der Waals surface area contributed by atoms with E-state index in [9.17, 15) is 0 Å². The molecule has 74 valence electrons. The molecule has 1 nitrogen and oxygen atoms in total. The summed E-state index contributed by atoms with van der Waals surface area (Å²) in [6.45, 7) is 3.79. The summed E-state index contributed by atoms with van der Waals surface area (Å²) in [5.41, 5.74) is 0.581. The van der Waals surface area contributed by atoms with E-state index in [2.05, 4.69) is 40.2 Å². The maximum Gasteiger partial charge on any atom is 0.0840 e. The number of nitrogens with zero attached hydrogens (tertiary/aromatic N) is 1. The first kappa shape index (κ1) is 9.26. The van der Waals surface area contributed by atoms with E-state index in [-0.39, 0.29) is 0 Å². The largest absolute Gasteiger partial charge is 0.330 e. The van der Waals surface area contributed by atoms with Crippen molar-refractivity contribution >= 4 is 0 Å². The fourth-order valence-electron chi connectivity index (χ4n) is 3.46. The van der Waals surface area contributed by atoms with Crippen LogP contribution in [0.3, 0.4) is 0 Å². The molecule has 0 aromatic carbocycles. The zero-order chi connectivity index (χ0) is 9.69. The Morgan fingerprint density at radius 3 is 2.38 bits per heavy atom. The van der Waals surface area contributed by atoms with Gasteiger partial charge in [0.1, 0.15) is 0 Å². The van der Waals surface area contributed by atoms with Crippen LogP contribution in [0.2, 0.25) is 0 Å². The minimum Gasteiger partial charge on any atom is -0.330 e. The average molecular weight is 180 g/mol. The van der Waals surface area contributed by atoms with Crippen LogP contribution in [0.15, 0.2) is 12.2 Å². The smallest absolute Gasteiger partial charge is 0.0840 e. The van der Waals surface area contributed by atoms with E-state index in [1.54, 1.807) is 0 Å². The predicted octanol–water partition coefficient (Wildman–Crippen LogP) is 2.29. The van der Waals surface area contributed by atoms with Crippen molar-refractivity contribution in [3.63, 3.8) is 0 Å². The Morgan fingerprint density at radius 2 is 2.00 bits per heavy atom. The van der Waals surface area contributed by atoms with Crippen molar-refractivity contribution in [2.75, 3.05) is 27.7 Å². The molecular weight excluding hydrogens is 158 g/mol. The number of hydrogen-bond acceptors (Lipinski definition) is 0. The summed E-state index contributed by atoms with van der Waals surface area (Å²) in [7, 11) is 6.92. The van der Waals surface area contributed by atoms with Gasteiger partial charge in [0.25, 0.3) is 0 Å². The lowest BCUT2D eigenvalue weighted by Crippen LogP contribution is -2.45. The number of quaternary nitrogens is 1. The van der Waals surface area contributed by atoms with Crippen molar-refractivity contribution in [3.05, 3.63) is 12.2 Å². The van der Waals surface area contributed by atoms with Gasteiger partial charge in [-0.05, 0) is 24.7 Å². The van der Waals surface area contributed by atoms with Gasteiger partial charge < -0.3 is 4.48 Å². The SMILES string of the molecule is CC1(C[N+](C)(C)C)CC2C=CC1C2. The predicted molar refractivity (Wildman–Crippen MR) is 56.4 cm³/mol. The van der Waals surface area contributed by atoms with E-state index >= 15 is 0 Å². The van der Waals surface area contributed by atoms with Crippen LogP contribution in [0.5, 0.6) is 0 Å². The van der Waals surface area contributed by atoms with Crippen molar-refractivity contribution in [3.8, 4) is 0 Å². The number of hydrogen-bond donors (Lipinski definition) is 0. The minimum absolute atomic E-state index is 0.581. The van der Waals surface area contributed by atoms with E-state index in [1.165, 1.54) is 19.4 Å². The Balaban J connectivity index is 2.10. The van der Waals surface area contributed by atoms with Crippen LogP contribution in [0.25, 0.3) is 0 Å². The summed E-state index contributed by atoms with van der Waals surface area (Å²) >= 11 is 0. The Kier molecular flexibility index (Phi) is 1.85. The van der Waals surface area contributed by atoms with E-state index in [1.807, 2.05) is 0 Å². The highest BCUT2D eigenvalue weighted by atomic mass is 15.3. The van der Waals surface area contributed by atoms with Gasteiger partial charge in [0.15, 0.2) is 0 Å². The fourth-order valence-corrected chi connectivity index (χ4v) is 3.46. The van der Waals surface area contributed by atoms with Crippen molar-refractivity contribution in [1.29, 1.82) is 0 Å². The molecule has 0 N–H and O–H groups in total. The highest BCUT2D eigenvalue weighted by Gasteiger charge is 2.47. The van der Waals surface area contributed by atoms with Gasteiger partial charge >= 0.3 is 0 Å². The molecule has 13 heavy (non-hydrogen) atoms. The molecule has 0 aromatic heterocycles. The van der Waals surface area contributed by atoms with Gasteiger partial charge in [-0.1, -0.05) is 19.1 Å². The van der Waals surface area contributed by atoms with Gasteiger partial charge in [-0.2, -0.15) is 0 Å². The Bertz CT molecular complexity index is 236. The first-order chi connectivity index (χ1) is 5.89. The van der Waals surface area contributed by atoms with E-state index in [0.29, 0.717) is 5.41 Å². The number of fused-ring (bicyclic) bond motifs is 2. The molecule has 0 aromatic rings. The van der Waals surface area contributed by atoms with Crippen LogP contribution in [0, 0.1) is 17.3 Å². The Labute approximate surface area is 82.0 Å². The lowest BCUT2D eigenvalue weighted by Gasteiger charge is -2.38. The van der Waals surface area contributed by atoms with Gasteiger partial charge in [-0.25, -0.2) is 0 Å². The molecule has 1 heteroatoms. The van der Waals surface area contributed by atoms with Crippen LogP contribution in [0.1, 0.15) is 19.8 Å². The second-order valence-corrected chi connectivity index (χ2v) is 6.29. The third-order valence-corrected chi connectivity index (χ3v) is 3.63. The van der Waals surface area contributed by atoms with E-state index in [0.717, 1.165) is 16.3 Å². The molecule has 0 heterocycles. The van der Waals surface area contributed by atoms with Crippen LogP contribution in [-0.4, -0.2) is 32.2 Å². The molecule has 1 saturated carbocycles. The summed E-state index contributed by atoms with van der Waals surface area (Å²) in [5, 5.41) is 0. The van der Waals surface area contributed by atoms with Crippen LogP contribution in [0.4, 0.5) is 0 Å². The Hall–Kier alpha value is -0.300. The summed E-state index contributed by atoms with van der Waals surface area (Å²) in [4.78, 5) is 0. The highest BCUT2D eigenvalue weighted by Crippen LogP contribution is 2.52. The first-order valence-electron chi connectivity index (χ1n) is 5.38. The zero-order valence-corrected chi connectivity index (χ0v) is 9.38. The molecule has 0 radical (unpaired) electrons. The molecule has 2 bridgehead atoms. The van der Waals surface area contributed by atoms with Crippen LogP contribution in [-0.2, 0) is 0 Å². The first-order valence-corrected chi connectivity index (χ1v) is 5.38. The van der Waals surface area contributed by atoms with Crippen molar-refractivity contribution in [2.24, 2.45) is 17.3 Å². The summed E-state index contributed by atoms with van der Waals surface area (Å²) < 4.78 is 1.10. The molecule has 0 saturated heterocycles. The number of allylic oxidation sites excluding steroid dienone is 2. The standard InChI is InChI=1S/C12H22N/c1-12(9-13(2,3)4)8-10-5-6-11(12)7-10/h5-6,10-11H,7-9H2,1-4H3/q+1. The lowest BCUT2D eigenvalue weighted by molar-refractivity contribution is -0.877. The zero-order valence-electron chi connectivity index (χ0n) is 9.38. The molecular formula is C12H22N+. The lowest BCUT2D eigenvalue weighted by atomic mass is 9.77. The molecule has 0 aliphatic heterocycles. The van der Waals surface area contributed by atoms with Crippen molar-refractivity contribution in [1.82, 2.24) is 0 Å². The highest BCUT2D eigenvalue weighted by molar-refractivity contribution is 5.14. The maximum absolute atomic E-state index is 2.48. The van der Waals surface area contributed by atoms with Crippen LogP contribution >= 0.6 is 0 Å². The van der Waals surface area contributed by atoms with Gasteiger partial charge in [0.05, 0.1) is 27.7 Å². The minimum atomic E-state index is 0.581. The van der Waals surface area contributed by atoms with Crippen LogP contribution < -0.4 is 0 Å². The van der Waals surface area contributed by atoms with Gasteiger partial charge in [0.2, 0.25) is 0 Å². The van der Waals surface area contributed by atoms with E-state index in [4.69, 9.17) is 0 Å². The number of rotatable bonds is 2. The maximum atomic E-state index is 2.48. The average Bonchev–Trinajstić information content (AvgIpc) is 2.39. The molecule has 0 amide bonds.